The number of carbonyl (C=O) groups is 1. The van der Waals surface area contributed by atoms with Crippen LogP contribution < -0.4 is 11.1 Å². The van der Waals surface area contributed by atoms with Gasteiger partial charge in [0.15, 0.2) is 0 Å². The molecule has 1 fully saturated rings. The Balaban J connectivity index is 1.67. The smallest absolute Gasteiger partial charge is 0.224 e. The van der Waals surface area contributed by atoms with Gasteiger partial charge in [0.1, 0.15) is 0 Å². The van der Waals surface area contributed by atoms with E-state index >= 15 is 0 Å². The number of hydrogen-bond acceptors (Lipinski definition) is 3. The molecule has 1 aromatic carbocycles. The van der Waals surface area contributed by atoms with Gasteiger partial charge in [0.05, 0.1) is 10.7 Å². The second-order valence-corrected chi connectivity index (χ2v) is 6.53. The first-order chi connectivity index (χ1) is 9.95. The molecule has 116 valence electrons. The first kappa shape index (κ1) is 16.1. The normalized spacial score (nSPS) is 20.6. The maximum Gasteiger partial charge on any atom is 0.224 e. The monoisotopic (exact) mass is 309 g/mol. The van der Waals surface area contributed by atoms with E-state index in [2.05, 4.69) is 24.2 Å². The number of hydrogen-bond donors (Lipinski definition) is 2. The molecule has 2 atom stereocenters. The van der Waals surface area contributed by atoms with Crippen LogP contribution >= 0.6 is 11.6 Å². The van der Waals surface area contributed by atoms with Crippen LogP contribution in [0.1, 0.15) is 26.2 Å². The number of nitrogen functional groups attached to an aromatic ring is 1. The first-order valence-electron chi connectivity index (χ1n) is 7.49. The lowest BCUT2D eigenvalue weighted by molar-refractivity contribution is -0.116. The van der Waals surface area contributed by atoms with E-state index in [4.69, 9.17) is 17.3 Å². The van der Waals surface area contributed by atoms with Crippen LogP contribution in [0.2, 0.25) is 5.02 Å². The summed E-state index contributed by atoms with van der Waals surface area (Å²) in [5.41, 5.74) is 6.84. The summed E-state index contributed by atoms with van der Waals surface area (Å²) < 4.78 is 0. The topological polar surface area (TPSA) is 58.4 Å². The molecule has 2 unspecified atom stereocenters. The highest BCUT2D eigenvalue weighted by molar-refractivity contribution is 6.34. The molecule has 3 N–H and O–H groups in total. The van der Waals surface area contributed by atoms with Gasteiger partial charge in [0, 0.05) is 18.7 Å². The zero-order chi connectivity index (χ0) is 15.4. The molecule has 4 nitrogen and oxygen atoms in total. The number of amides is 1. The van der Waals surface area contributed by atoms with Crippen molar-refractivity contribution < 1.29 is 4.79 Å². The van der Waals surface area contributed by atoms with Crippen molar-refractivity contribution in [3.8, 4) is 0 Å². The fourth-order valence-electron chi connectivity index (χ4n) is 2.50. The summed E-state index contributed by atoms with van der Waals surface area (Å²) >= 11 is 6.03. The Labute approximate surface area is 131 Å². The highest BCUT2D eigenvalue weighted by atomic mass is 35.5. The summed E-state index contributed by atoms with van der Waals surface area (Å²) in [7, 11) is 2.12. The Morgan fingerprint density at radius 2 is 2.24 bits per heavy atom. The van der Waals surface area contributed by atoms with Gasteiger partial charge in [-0.05, 0) is 56.5 Å². The minimum Gasteiger partial charge on any atom is -0.399 e. The number of rotatable bonds is 7. The number of nitrogens with zero attached hydrogens (tertiary/aromatic N) is 1. The molecule has 0 radical (unpaired) electrons. The zero-order valence-electron chi connectivity index (χ0n) is 12.7. The lowest BCUT2D eigenvalue weighted by atomic mass is 10.2. The van der Waals surface area contributed by atoms with Crippen molar-refractivity contribution in [2.75, 3.05) is 31.2 Å². The lowest BCUT2D eigenvalue weighted by Gasteiger charge is -2.16. The van der Waals surface area contributed by atoms with E-state index in [9.17, 15) is 4.79 Å². The lowest BCUT2D eigenvalue weighted by Crippen LogP contribution is -2.24. The van der Waals surface area contributed by atoms with Gasteiger partial charge in [-0.25, -0.2) is 0 Å². The summed E-state index contributed by atoms with van der Waals surface area (Å²) in [6.45, 7) is 4.39. The second kappa shape index (κ2) is 7.14. The van der Waals surface area contributed by atoms with Crippen LogP contribution in [0.3, 0.4) is 0 Å². The Kier molecular flexibility index (Phi) is 5.48. The summed E-state index contributed by atoms with van der Waals surface area (Å²) in [6, 6.07) is 5.10. The van der Waals surface area contributed by atoms with Gasteiger partial charge in [-0.15, -0.1) is 0 Å². The Hall–Kier alpha value is -1.26. The molecule has 1 saturated carbocycles. The molecule has 0 heterocycles. The van der Waals surface area contributed by atoms with Crippen LogP contribution in [0.25, 0.3) is 0 Å². The Bertz CT molecular complexity index is 506. The minimum atomic E-state index is -0.00476. The molecule has 0 saturated heterocycles. The van der Waals surface area contributed by atoms with E-state index in [1.807, 2.05) is 0 Å². The van der Waals surface area contributed by atoms with Gasteiger partial charge < -0.3 is 16.0 Å². The quantitative estimate of drug-likeness (QED) is 0.760. The van der Waals surface area contributed by atoms with E-state index in [0.29, 0.717) is 22.8 Å². The van der Waals surface area contributed by atoms with Gasteiger partial charge in [-0.2, -0.15) is 0 Å². The van der Waals surface area contributed by atoms with Crippen molar-refractivity contribution in [2.24, 2.45) is 11.8 Å². The third kappa shape index (κ3) is 5.21. The molecular weight excluding hydrogens is 286 g/mol. The highest BCUT2D eigenvalue weighted by Gasteiger charge is 2.32. The minimum absolute atomic E-state index is 0.00476. The van der Waals surface area contributed by atoms with Gasteiger partial charge in [0.25, 0.3) is 0 Å². The predicted molar refractivity (Wildman–Crippen MR) is 88.5 cm³/mol. The molecule has 0 aromatic heterocycles. The maximum absolute atomic E-state index is 11.9. The van der Waals surface area contributed by atoms with Gasteiger partial charge in [-0.1, -0.05) is 18.5 Å². The van der Waals surface area contributed by atoms with E-state index in [1.165, 1.54) is 6.42 Å². The van der Waals surface area contributed by atoms with Crippen molar-refractivity contribution >= 4 is 28.9 Å². The predicted octanol–water partition coefficient (Wildman–Crippen LogP) is 3.23. The van der Waals surface area contributed by atoms with Gasteiger partial charge >= 0.3 is 0 Å². The number of carbonyl (C=O) groups excluding carboxylic acids is 1. The first-order valence-corrected chi connectivity index (χ1v) is 7.87. The van der Waals surface area contributed by atoms with Crippen LogP contribution in [0, 0.1) is 11.8 Å². The van der Waals surface area contributed by atoms with Crippen molar-refractivity contribution in [3.05, 3.63) is 23.2 Å². The second-order valence-electron chi connectivity index (χ2n) is 6.13. The third-order valence-electron chi connectivity index (χ3n) is 4.03. The van der Waals surface area contributed by atoms with Crippen LogP contribution in [0.4, 0.5) is 11.4 Å². The number of halogens is 1. The molecule has 5 heteroatoms. The molecule has 2 rings (SSSR count). The average molecular weight is 310 g/mol. The molecule has 21 heavy (non-hydrogen) atoms. The molecule has 0 aliphatic heterocycles. The molecule has 0 spiro atoms. The molecule has 1 amide bonds. The van der Waals surface area contributed by atoms with Crippen LogP contribution in [-0.4, -0.2) is 30.9 Å². The van der Waals surface area contributed by atoms with Crippen LogP contribution in [0.5, 0.6) is 0 Å². The summed E-state index contributed by atoms with van der Waals surface area (Å²) in [6.07, 6.45) is 2.71. The Morgan fingerprint density at radius 1 is 1.52 bits per heavy atom. The van der Waals surface area contributed by atoms with Gasteiger partial charge in [-0.3, -0.25) is 4.79 Å². The molecule has 0 bridgehead atoms. The van der Waals surface area contributed by atoms with E-state index < -0.39 is 0 Å². The van der Waals surface area contributed by atoms with Crippen molar-refractivity contribution in [2.45, 2.75) is 26.2 Å². The zero-order valence-corrected chi connectivity index (χ0v) is 13.5. The van der Waals surface area contributed by atoms with Gasteiger partial charge in [0.2, 0.25) is 5.91 Å². The van der Waals surface area contributed by atoms with E-state index in [-0.39, 0.29) is 5.91 Å². The molecule has 1 aromatic rings. The fraction of sp³-hybridized carbons (Fsp3) is 0.562. The fourth-order valence-corrected chi connectivity index (χ4v) is 2.74. The number of nitrogens with two attached hydrogens (primary N) is 1. The highest BCUT2D eigenvalue weighted by Crippen LogP contribution is 2.37. The van der Waals surface area contributed by atoms with Crippen molar-refractivity contribution in [1.82, 2.24) is 4.90 Å². The number of nitrogens with one attached hydrogen (secondary N) is 1. The summed E-state index contributed by atoms with van der Waals surface area (Å²) in [4.78, 5) is 14.2. The van der Waals surface area contributed by atoms with E-state index in [0.717, 1.165) is 31.3 Å². The molecule has 1 aliphatic carbocycles. The van der Waals surface area contributed by atoms with Crippen molar-refractivity contribution in [3.63, 3.8) is 0 Å². The standard InChI is InChI=1S/C16H24ClN3O/c1-11-8-12(11)10-20(2)7-3-4-16(21)19-15-6-5-13(18)9-14(15)17/h5-6,9,11-12H,3-4,7-8,10,18H2,1-2H3,(H,19,21). The van der Waals surface area contributed by atoms with Crippen molar-refractivity contribution in [1.29, 1.82) is 0 Å². The van der Waals surface area contributed by atoms with Crippen LogP contribution in [-0.2, 0) is 4.79 Å². The maximum atomic E-state index is 11.9. The average Bonchev–Trinajstić information content (AvgIpc) is 3.08. The number of benzene rings is 1. The van der Waals surface area contributed by atoms with E-state index in [1.54, 1.807) is 18.2 Å². The summed E-state index contributed by atoms with van der Waals surface area (Å²) in [5, 5.41) is 3.30. The van der Waals surface area contributed by atoms with Crippen LogP contribution in [0.15, 0.2) is 18.2 Å². The summed E-state index contributed by atoms with van der Waals surface area (Å²) in [5.74, 6) is 1.73. The third-order valence-corrected chi connectivity index (χ3v) is 4.35. The molecule has 1 aliphatic rings. The SMILES string of the molecule is CC1CC1CN(C)CCCC(=O)Nc1ccc(N)cc1Cl. The largest absolute Gasteiger partial charge is 0.399 e. The Morgan fingerprint density at radius 3 is 2.86 bits per heavy atom. The molecular formula is C16H24ClN3O. The number of anilines is 2.